The van der Waals surface area contributed by atoms with Crippen LogP contribution in [0.1, 0.15) is 19.4 Å². The van der Waals surface area contributed by atoms with Crippen molar-refractivity contribution in [2.75, 3.05) is 31.6 Å². The van der Waals surface area contributed by atoms with Crippen molar-refractivity contribution < 1.29 is 27.5 Å². The highest BCUT2D eigenvalue weighted by molar-refractivity contribution is 7.92. The number of ether oxygens (including phenoxy) is 2. The van der Waals surface area contributed by atoms with Crippen LogP contribution >= 0.6 is 11.6 Å². The van der Waals surface area contributed by atoms with Crippen LogP contribution < -0.4 is 19.1 Å². The summed E-state index contributed by atoms with van der Waals surface area (Å²) < 4.78 is 39.4. The number of anilines is 1. The zero-order valence-corrected chi connectivity index (χ0v) is 23.8. The topological polar surface area (TPSA) is 105 Å². The standard InChI is InChI=1S/C28H32ClN3O6S/c1-5-30-28(34)20(2)31(18-21-10-9-11-23(16-21)37-3)27(33)19-32(25-17-22(29)14-15-26(25)38-4)39(35,36)24-12-7-6-8-13-24/h6-17,20H,5,18-19H2,1-4H3,(H,30,34). The minimum atomic E-state index is -4.25. The summed E-state index contributed by atoms with van der Waals surface area (Å²) in [6, 6.07) is 18.5. The van der Waals surface area contributed by atoms with Crippen LogP contribution in [0.3, 0.4) is 0 Å². The van der Waals surface area contributed by atoms with Gasteiger partial charge < -0.3 is 19.7 Å². The van der Waals surface area contributed by atoms with Gasteiger partial charge in [-0.2, -0.15) is 0 Å². The molecule has 0 aliphatic carbocycles. The van der Waals surface area contributed by atoms with Gasteiger partial charge in [0.05, 0.1) is 24.8 Å². The summed E-state index contributed by atoms with van der Waals surface area (Å²) in [5.41, 5.74) is 0.797. The van der Waals surface area contributed by atoms with Crippen LogP contribution in [-0.4, -0.2) is 58.5 Å². The SMILES string of the molecule is CCNC(=O)C(C)N(Cc1cccc(OC)c1)C(=O)CN(c1cc(Cl)ccc1OC)S(=O)(=O)c1ccccc1. The second-order valence-corrected chi connectivity index (χ2v) is 10.9. The molecule has 2 amide bonds. The van der Waals surface area contributed by atoms with Gasteiger partial charge in [0.1, 0.15) is 24.1 Å². The monoisotopic (exact) mass is 573 g/mol. The number of likely N-dealkylation sites (N-methyl/N-ethyl adjacent to an activating group) is 1. The molecule has 1 N–H and O–H groups in total. The molecule has 9 nitrogen and oxygen atoms in total. The van der Waals surface area contributed by atoms with E-state index >= 15 is 0 Å². The third kappa shape index (κ3) is 7.21. The molecule has 0 bridgehead atoms. The summed E-state index contributed by atoms with van der Waals surface area (Å²) in [4.78, 5) is 28.1. The Morgan fingerprint density at radius 2 is 1.69 bits per heavy atom. The lowest BCUT2D eigenvalue weighted by molar-refractivity contribution is -0.139. The Hall–Kier alpha value is -3.76. The second-order valence-electron chi connectivity index (χ2n) is 8.58. The number of nitrogens with zero attached hydrogens (tertiary/aromatic N) is 2. The van der Waals surface area contributed by atoms with Crippen molar-refractivity contribution in [3.8, 4) is 11.5 Å². The third-order valence-corrected chi connectivity index (χ3v) is 8.03. The van der Waals surface area contributed by atoms with Gasteiger partial charge in [-0.1, -0.05) is 41.9 Å². The fourth-order valence-electron chi connectivity index (χ4n) is 3.96. The molecule has 3 aromatic rings. The number of hydrogen-bond donors (Lipinski definition) is 1. The van der Waals surface area contributed by atoms with E-state index in [1.165, 1.54) is 43.4 Å². The Kier molecular flexibility index (Phi) is 10.2. The molecule has 3 rings (SSSR count). The maximum atomic E-state index is 13.9. The van der Waals surface area contributed by atoms with E-state index in [9.17, 15) is 18.0 Å². The predicted octanol–water partition coefficient (Wildman–Crippen LogP) is 4.11. The first-order valence-electron chi connectivity index (χ1n) is 12.2. The summed E-state index contributed by atoms with van der Waals surface area (Å²) >= 11 is 6.24. The molecule has 3 aromatic carbocycles. The smallest absolute Gasteiger partial charge is 0.264 e. The number of amides is 2. The van der Waals surface area contributed by atoms with Crippen molar-refractivity contribution in [1.29, 1.82) is 0 Å². The molecule has 39 heavy (non-hydrogen) atoms. The van der Waals surface area contributed by atoms with Gasteiger partial charge in [-0.15, -0.1) is 0 Å². The first-order valence-corrected chi connectivity index (χ1v) is 14.1. The van der Waals surface area contributed by atoms with Crippen molar-refractivity contribution >= 4 is 39.1 Å². The minimum Gasteiger partial charge on any atom is -0.497 e. The van der Waals surface area contributed by atoms with E-state index in [0.29, 0.717) is 17.9 Å². The summed E-state index contributed by atoms with van der Waals surface area (Å²) in [6.45, 7) is 3.18. The van der Waals surface area contributed by atoms with Crippen LogP contribution in [0, 0.1) is 0 Å². The Bertz CT molecular complexity index is 1400. The quantitative estimate of drug-likeness (QED) is 0.350. The number of sulfonamides is 1. The van der Waals surface area contributed by atoms with E-state index in [2.05, 4.69) is 5.32 Å². The summed E-state index contributed by atoms with van der Waals surface area (Å²) in [5.74, 6) is -0.171. The number of hydrogen-bond acceptors (Lipinski definition) is 6. The molecule has 0 radical (unpaired) electrons. The van der Waals surface area contributed by atoms with Crippen LogP contribution in [0.2, 0.25) is 5.02 Å². The van der Waals surface area contributed by atoms with Crippen LogP contribution in [0.25, 0.3) is 0 Å². The Labute approximate surface area is 234 Å². The van der Waals surface area contributed by atoms with E-state index in [0.717, 1.165) is 4.31 Å². The van der Waals surface area contributed by atoms with Crippen molar-refractivity contribution in [1.82, 2.24) is 10.2 Å². The van der Waals surface area contributed by atoms with E-state index in [-0.39, 0.29) is 33.8 Å². The molecular weight excluding hydrogens is 542 g/mol. The maximum absolute atomic E-state index is 13.9. The molecule has 11 heteroatoms. The maximum Gasteiger partial charge on any atom is 0.264 e. The fraction of sp³-hybridized carbons (Fsp3) is 0.286. The fourth-order valence-corrected chi connectivity index (χ4v) is 5.57. The lowest BCUT2D eigenvalue weighted by atomic mass is 10.1. The number of rotatable bonds is 12. The molecule has 0 spiro atoms. The Morgan fingerprint density at radius 1 is 0.974 bits per heavy atom. The Balaban J connectivity index is 2.09. The molecule has 1 atom stereocenters. The normalized spacial score (nSPS) is 11.8. The van der Waals surface area contributed by atoms with E-state index in [4.69, 9.17) is 21.1 Å². The molecule has 0 aromatic heterocycles. The van der Waals surface area contributed by atoms with E-state index < -0.39 is 28.5 Å². The minimum absolute atomic E-state index is 0.0176. The third-order valence-electron chi connectivity index (χ3n) is 6.03. The molecule has 0 aliphatic rings. The van der Waals surface area contributed by atoms with Gasteiger partial charge >= 0.3 is 0 Å². The lowest BCUT2D eigenvalue weighted by Gasteiger charge is -2.32. The molecular formula is C28H32ClN3O6S. The number of carbonyl (C=O) groups is 2. The summed E-state index contributed by atoms with van der Waals surface area (Å²) in [7, 11) is -1.32. The van der Waals surface area contributed by atoms with Crippen molar-refractivity contribution in [2.24, 2.45) is 0 Å². The number of benzene rings is 3. The zero-order chi connectivity index (χ0) is 28.6. The molecule has 0 fully saturated rings. The van der Waals surface area contributed by atoms with Crippen LogP contribution in [0.4, 0.5) is 5.69 Å². The largest absolute Gasteiger partial charge is 0.497 e. The molecule has 0 heterocycles. The van der Waals surface area contributed by atoms with Crippen molar-refractivity contribution in [3.05, 3.63) is 83.4 Å². The summed E-state index contributed by atoms with van der Waals surface area (Å²) in [6.07, 6.45) is 0. The van der Waals surface area contributed by atoms with Crippen molar-refractivity contribution in [2.45, 2.75) is 31.3 Å². The molecule has 0 saturated carbocycles. The Morgan fingerprint density at radius 3 is 2.33 bits per heavy atom. The number of methoxy groups -OCH3 is 2. The highest BCUT2D eigenvalue weighted by Crippen LogP contribution is 2.35. The van der Waals surface area contributed by atoms with E-state index in [1.807, 2.05) is 0 Å². The highest BCUT2D eigenvalue weighted by atomic mass is 35.5. The van der Waals surface area contributed by atoms with Crippen LogP contribution in [-0.2, 0) is 26.2 Å². The number of nitrogens with one attached hydrogen (secondary N) is 1. The molecule has 0 aliphatic heterocycles. The van der Waals surface area contributed by atoms with Gasteiger partial charge in [0.25, 0.3) is 10.0 Å². The van der Waals surface area contributed by atoms with Gasteiger partial charge in [0.15, 0.2) is 0 Å². The predicted molar refractivity (Wildman–Crippen MR) is 151 cm³/mol. The molecule has 208 valence electrons. The first-order chi connectivity index (χ1) is 18.6. The number of carbonyl (C=O) groups excluding carboxylic acids is 2. The van der Waals surface area contributed by atoms with Gasteiger partial charge in [0.2, 0.25) is 11.8 Å². The lowest BCUT2D eigenvalue weighted by Crippen LogP contribution is -2.51. The highest BCUT2D eigenvalue weighted by Gasteiger charge is 2.33. The average molecular weight is 574 g/mol. The van der Waals surface area contributed by atoms with Crippen LogP contribution in [0.15, 0.2) is 77.7 Å². The molecule has 1 unspecified atom stereocenters. The molecule has 0 saturated heterocycles. The van der Waals surface area contributed by atoms with Crippen LogP contribution in [0.5, 0.6) is 11.5 Å². The van der Waals surface area contributed by atoms with E-state index in [1.54, 1.807) is 62.4 Å². The first kappa shape index (κ1) is 29.8. The zero-order valence-electron chi connectivity index (χ0n) is 22.3. The average Bonchev–Trinajstić information content (AvgIpc) is 2.94. The number of halogens is 1. The van der Waals surface area contributed by atoms with Gasteiger partial charge in [0, 0.05) is 18.1 Å². The van der Waals surface area contributed by atoms with Gasteiger partial charge in [-0.05, 0) is 61.9 Å². The summed E-state index contributed by atoms with van der Waals surface area (Å²) in [5, 5.41) is 2.99. The van der Waals surface area contributed by atoms with Gasteiger partial charge in [-0.3, -0.25) is 13.9 Å². The second kappa shape index (κ2) is 13.3. The van der Waals surface area contributed by atoms with Crippen molar-refractivity contribution in [3.63, 3.8) is 0 Å². The van der Waals surface area contributed by atoms with Gasteiger partial charge in [-0.25, -0.2) is 8.42 Å².